The maximum absolute atomic E-state index is 12.5. The van der Waals surface area contributed by atoms with Crippen LogP contribution in [0.5, 0.6) is 0 Å². The number of benzene rings is 1. The molecule has 1 aromatic carbocycles. The predicted molar refractivity (Wildman–Crippen MR) is 124 cm³/mol. The molecule has 0 atom stereocenters. The van der Waals surface area contributed by atoms with Gasteiger partial charge in [0.15, 0.2) is 0 Å². The first kappa shape index (κ1) is 22.2. The van der Waals surface area contributed by atoms with Crippen molar-refractivity contribution in [1.82, 2.24) is 15.3 Å². The summed E-state index contributed by atoms with van der Waals surface area (Å²) in [6, 6.07) is 10.8. The van der Waals surface area contributed by atoms with E-state index < -0.39 is 0 Å². The molecule has 4 aromatic rings. The first-order valence-corrected chi connectivity index (χ1v) is 11.0. The van der Waals surface area contributed by atoms with Gasteiger partial charge in [-0.05, 0) is 36.4 Å². The minimum absolute atomic E-state index is 0.101. The predicted octanol–water partition coefficient (Wildman–Crippen LogP) is 5.40. The third kappa shape index (κ3) is 5.23. The summed E-state index contributed by atoms with van der Waals surface area (Å²) in [5, 5.41) is 4.54. The Kier molecular flexibility index (Phi) is 6.97. The monoisotopic (exact) mass is 472 g/mol. The van der Waals surface area contributed by atoms with Crippen molar-refractivity contribution in [2.75, 3.05) is 11.4 Å². The normalized spacial score (nSPS) is 11.1. The molecule has 0 spiro atoms. The number of furan rings is 2. The van der Waals surface area contributed by atoms with Gasteiger partial charge in [0.1, 0.15) is 23.2 Å². The number of hydrogen-bond donors (Lipinski definition) is 1. The van der Waals surface area contributed by atoms with Gasteiger partial charge >= 0.3 is 0 Å². The summed E-state index contributed by atoms with van der Waals surface area (Å²) in [6.07, 6.45) is 4.09. The fourth-order valence-electron chi connectivity index (χ4n) is 3.36. The van der Waals surface area contributed by atoms with Gasteiger partial charge in [0.25, 0.3) is 0 Å². The van der Waals surface area contributed by atoms with Crippen LogP contribution in [-0.4, -0.2) is 22.4 Å². The van der Waals surface area contributed by atoms with Crippen LogP contribution in [0.15, 0.2) is 57.8 Å². The van der Waals surface area contributed by atoms with Gasteiger partial charge in [-0.25, -0.2) is 9.97 Å². The van der Waals surface area contributed by atoms with Crippen molar-refractivity contribution in [2.24, 2.45) is 0 Å². The molecule has 3 heterocycles. The Balaban J connectivity index is 1.62. The van der Waals surface area contributed by atoms with E-state index in [4.69, 9.17) is 37.0 Å². The highest BCUT2D eigenvalue weighted by Crippen LogP contribution is 2.33. The van der Waals surface area contributed by atoms with E-state index in [1.54, 1.807) is 30.7 Å². The van der Waals surface area contributed by atoms with Crippen molar-refractivity contribution in [2.45, 2.75) is 32.9 Å². The molecule has 32 heavy (non-hydrogen) atoms. The second-order valence-electron chi connectivity index (χ2n) is 7.21. The number of carbonyl (C=O) groups is 1. The van der Waals surface area contributed by atoms with Crippen molar-refractivity contribution in [1.29, 1.82) is 0 Å². The highest BCUT2D eigenvalue weighted by atomic mass is 35.5. The number of fused-ring (bicyclic) bond motifs is 1. The van der Waals surface area contributed by atoms with Gasteiger partial charge in [0.2, 0.25) is 5.91 Å². The fraction of sp³-hybridized carbons (Fsp3) is 0.261. The van der Waals surface area contributed by atoms with Crippen LogP contribution in [0.25, 0.3) is 10.9 Å². The summed E-state index contributed by atoms with van der Waals surface area (Å²) >= 11 is 12.7. The molecular weight excluding hydrogens is 451 g/mol. The van der Waals surface area contributed by atoms with Crippen molar-refractivity contribution in [3.8, 4) is 0 Å². The molecule has 9 heteroatoms. The highest BCUT2D eigenvalue weighted by molar-refractivity contribution is 6.38. The van der Waals surface area contributed by atoms with E-state index in [9.17, 15) is 4.79 Å². The van der Waals surface area contributed by atoms with Gasteiger partial charge in [-0.3, -0.25) is 4.79 Å². The zero-order valence-electron chi connectivity index (χ0n) is 17.5. The number of aromatic nitrogens is 2. The fourth-order valence-corrected chi connectivity index (χ4v) is 3.90. The summed E-state index contributed by atoms with van der Waals surface area (Å²) in [4.78, 5) is 23.8. The number of nitrogens with zero attached hydrogens (tertiary/aromatic N) is 3. The zero-order chi connectivity index (χ0) is 22.5. The Morgan fingerprint density at radius 2 is 1.84 bits per heavy atom. The lowest BCUT2D eigenvalue weighted by molar-refractivity contribution is -0.121. The van der Waals surface area contributed by atoms with Crippen molar-refractivity contribution < 1.29 is 13.6 Å². The Morgan fingerprint density at radius 3 is 2.53 bits per heavy atom. The zero-order valence-corrected chi connectivity index (χ0v) is 19.0. The van der Waals surface area contributed by atoms with Crippen LogP contribution in [0.4, 0.5) is 5.82 Å². The van der Waals surface area contributed by atoms with Crippen LogP contribution >= 0.6 is 23.2 Å². The van der Waals surface area contributed by atoms with E-state index in [2.05, 4.69) is 10.3 Å². The third-order valence-electron chi connectivity index (χ3n) is 4.94. The second kappa shape index (κ2) is 10.1. The standard InChI is InChI=1S/C23H22Cl2N4O3/c1-2-20-27-22-18(11-15(24)12-19(22)25)23(28-20)29(14-17-6-4-10-32-17)8-7-21(30)26-13-16-5-3-9-31-16/h3-6,9-12H,2,7-8,13-14H2,1H3,(H,26,30). The van der Waals surface area contributed by atoms with E-state index in [0.29, 0.717) is 59.0 Å². The molecule has 0 aliphatic carbocycles. The Labute approximate surface area is 195 Å². The molecule has 1 N–H and O–H groups in total. The number of amides is 1. The minimum atomic E-state index is -0.101. The van der Waals surface area contributed by atoms with E-state index in [1.807, 2.05) is 30.0 Å². The van der Waals surface area contributed by atoms with Crippen LogP contribution in [-0.2, 0) is 24.3 Å². The SMILES string of the molecule is CCc1nc(N(CCC(=O)NCc2ccco2)Cc2ccco2)c2cc(Cl)cc(Cl)c2n1. The molecule has 0 saturated carbocycles. The first-order chi connectivity index (χ1) is 15.5. The lowest BCUT2D eigenvalue weighted by atomic mass is 10.2. The van der Waals surface area contributed by atoms with Gasteiger partial charge < -0.3 is 19.1 Å². The molecule has 7 nitrogen and oxygen atoms in total. The Morgan fingerprint density at radius 1 is 1.09 bits per heavy atom. The van der Waals surface area contributed by atoms with Crippen molar-refractivity contribution in [3.05, 3.63) is 76.3 Å². The molecule has 0 saturated heterocycles. The molecule has 0 aliphatic rings. The number of anilines is 1. The maximum atomic E-state index is 12.5. The molecular formula is C23H22Cl2N4O3. The molecule has 0 fully saturated rings. The second-order valence-corrected chi connectivity index (χ2v) is 8.05. The molecule has 0 bridgehead atoms. The van der Waals surface area contributed by atoms with Crippen LogP contribution in [0.3, 0.4) is 0 Å². The average Bonchev–Trinajstić information content (AvgIpc) is 3.49. The summed E-state index contributed by atoms with van der Waals surface area (Å²) in [5.74, 6) is 2.66. The molecule has 0 aliphatic heterocycles. The number of hydrogen-bond acceptors (Lipinski definition) is 6. The summed E-state index contributed by atoms with van der Waals surface area (Å²) in [5.41, 5.74) is 0.629. The minimum Gasteiger partial charge on any atom is -0.467 e. The van der Waals surface area contributed by atoms with Gasteiger partial charge in [0.05, 0.1) is 36.2 Å². The van der Waals surface area contributed by atoms with Gasteiger partial charge in [0, 0.05) is 29.8 Å². The van der Waals surface area contributed by atoms with E-state index in [0.717, 1.165) is 11.1 Å². The smallest absolute Gasteiger partial charge is 0.222 e. The summed E-state index contributed by atoms with van der Waals surface area (Å²) in [7, 11) is 0. The lowest BCUT2D eigenvalue weighted by Crippen LogP contribution is -2.31. The van der Waals surface area contributed by atoms with Gasteiger partial charge in [-0.15, -0.1) is 0 Å². The summed E-state index contributed by atoms with van der Waals surface area (Å²) < 4.78 is 10.8. The third-order valence-corrected chi connectivity index (χ3v) is 5.44. The van der Waals surface area contributed by atoms with Gasteiger partial charge in [-0.1, -0.05) is 30.1 Å². The topological polar surface area (TPSA) is 84.4 Å². The van der Waals surface area contributed by atoms with Crippen LogP contribution in [0, 0.1) is 0 Å². The van der Waals surface area contributed by atoms with Gasteiger partial charge in [-0.2, -0.15) is 0 Å². The number of carbonyl (C=O) groups excluding carboxylic acids is 1. The van der Waals surface area contributed by atoms with E-state index in [1.165, 1.54) is 0 Å². The largest absolute Gasteiger partial charge is 0.467 e. The lowest BCUT2D eigenvalue weighted by Gasteiger charge is -2.24. The molecule has 0 radical (unpaired) electrons. The quantitative estimate of drug-likeness (QED) is 0.351. The highest BCUT2D eigenvalue weighted by Gasteiger charge is 2.19. The van der Waals surface area contributed by atoms with E-state index in [-0.39, 0.29) is 12.3 Å². The Bertz CT molecular complexity index is 1190. The van der Waals surface area contributed by atoms with Crippen LogP contribution < -0.4 is 10.2 Å². The molecule has 0 unspecified atom stereocenters. The van der Waals surface area contributed by atoms with Crippen LogP contribution in [0.2, 0.25) is 10.0 Å². The average molecular weight is 473 g/mol. The van der Waals surface area contributed by atoms with Crippen molar-refractivity contribution >= 4 is 45.8 Å². The number of nitrogens with one attached hydrogen (secondary N) is 1. The molecule has 166 valence electrons. The first-order valence-electron chi connectivity index (χ1n) is 10.3. The van der Waals surface area contributed by atoms with E-state index >= 15 is 0 Å². The number of halogens is 2. The maximum Gasteiger partial charge on any atom is 0.222 e. The summed E-state index contributed by atoms with van der Waals surface area (Å²) in [6.45, 7) is 3.15. The molecule has 3 aromatic heterocycles. The number of aryl methyl sites for hydroxylation is 1. The van der Waals surface area contributed by atoms with Crippen molar-refractivity contribution in [3.63, 3.8) is 0 Å². The molecule has 1 amide bonds. The number of rotatable bonds is 9. The molecule has 4 rings (SSSR count). The Hall–Kier alpha value is -3.03. The van der Waals surface area contributed by atoms with Crippen LogP contribution in [0.1, 0.15) is 30.7 Å².